The summed E-state index contributed by atoms with van der Waals surface area (Å²) < 4.78 is 28.3. The maximum absolute atomic E-state index is 12.8. The van der Waals surface area contributed by atoms with E-state index in [9.17, 15) is 13.2 Å². The predicted octanol–water partition coefficient (Wildman–Crippen LogP) is 3.05. The third kappa shape index (κ3) is 2.91. The lowest BCUT2D eigenvalue weighted by molar-refractivity contribution is 0.567. The number of rotatable bonds is 4. The van der Waals surface area contributed by atoms with Gasteiger partial charge in [0.1, 0.15) is 0 Å². The van der Waals surface area contributed by atoms with Crippen LogP contribution in [0.1, 0.15) is 18.5 Å². The van der Waals surface area contributed by atoms with Crippen molar-refractivity contribution in [3.05, 3.63) is 76.7 Å². The first-order valence-electron chi connectivity index (χ1n) is 8.16. The first-order valence-corrected chi connectivity index (χ1v) is 9.64. The Morgan fingerprint density at radius 2 is 1.65 bits per heavy atom. The third-order valence-corrected chi connectivity index (χ3v) is 5.96. The fourth-order valence-corrected chi connectivity index (χ4v) is 4.42. The standard InChI is InChI=1S/C19H17N3O3S/c1-12(15-8-4-6-13-5-2-3-7-16(13)15)22-26(24,25)14-9-10-17-18(11-14)21-19(23)20-17/h2-12,22H,1H3,(H2,20,21,23)/t12-/m1/s1. The van der Waals surface area contributed by atoms with E-state index in [4.69, 9.17) is 0 Å². The van der Waals surface area contributed by atoms with Gasteiger partial charge in [-0.25, -0.2) is 17.9 Å². The van der Waals surface area contributed by atoms with Crippen LogP contribution in [0, 0.1) is 0 Å². The van der Waals surface area contributed by atoms with Crippen LogP contribution in [-0.2, 0) is 10.0 Å². The molecule has 0 saturated heterocycles. The van der Waals surface area contributed by atoms with E-state index in [1.54, 1.807) is 6.07 Å². The van der Waals surface area contributed by atoms with Crippen molar-refractivity contribution in [3.8, 4) is 0 Å². The van der Waals surface area contributed by atoms with E-state index in [-0.39, 0.29) is 10.6 Å². The number of hydrogen-bond acceptors (Lipinski definition) is 3. The molecule has 0 unspecified atom stereocenters. The van der Waals surface area contributed by atoms with Crippen LogP contribution in [0.5, 0.6) is 0 Å². The Balaban J connectivity index is 1.70. The number of nitrogens with one attached hydrogen (secondary N) is 3. The molecule has 1 heterocycles. The number of benzene rings is 3. The summed E-state index contributed by atoms with van der Waals surface area (Å²) in [5.74, 6) is 0. The van der Waals surface area contributed by atoms with E-state index in [1.165, 1.54) is 12.1 Å². The molecule has 6 nitrogen and oxygen atoms in total. The SMILES string of the molecule is C[C@@H](NS(=O)(=O)c1ccc2[nH]c(=O)[nH]c2c1)c1cccc2ccccc12. The van der Waals surface area contributed by atoms with Gasteiger partial charge in [0.05, 0.1) is 15.9 Å². The summed E-state index contributed by atoms with van der Waals surface area (Å²) in [5.41, 5.74) is 1.56. The lowest BCUT2D eigenvalue weighted by Gasteiger charge is -2.17. The maximum atomic E-state index is 12.8. The fraction of sp³-hybridized carbons (Fsp3) is 0.105. The van der Waals surface area contributed by atoms with Gasteiger partial charge in [0.15, 0.2) is 0 Å². The molecule has 0 aliphatic heterocycles. The van der Waals surface area contributed by atoms with Crippen LogP contribution < -0.4 is 10.4 Å². The topological polar surface area (TPSA) is 94.8 Å². The van der Waals surface area contributed by atoms with Crippen LogP contribution >= 0.6 is 0 Å². The monoisotopic (exact) mass is 367 g/mol. The number of aromatic nitrogens is 2. The molecule has 7 heteroatoms. The van der Waals surface area contributed by atoms with Gasteiger partial charge >= 0.3 is 5.69 Å². The van der Waals surface area contributed by atoms with Crippen molar-refractivity contribution in [3.63, 3.8) is 0 Å². The summed E-state index contributed by atoms with van der Waals surface area (Å²) in [4.78, 5) is 16.6. The van der Waals surface area contributed by atoms with Crippen LogP contribution in [0.3, 0.4) is 0 Å². The van der Waals surface area contributed by atoms with E-state index >= 15 is 0 Å². The fourth-order valence-electron chi connectivity index (χ4n) is 3.17. The van der Waals surface area contributed by atoms with Gasteiger partial charge in [-0.05, 0) is 41.5 Å². The minimum Gasteiger partial charge on any atom is -0.306 e. The highest BCUT2D eigenvalue weighted by Crippen LogP contribution is 2.26. The lowest BCUT2D eigenvalue weighted by Crippen LogP contribution is -2.27. The van der Waals surface area contributed by atoms with Gasteiger partial charge < -0.3 is 9.97 Å². The summed E-state index contributed by atoms with van der Waals surface area (Å²) in [7, 11) is -3.74. The Kier molecular flexibility index (Phi) is 3.90. The smallest absolute Gasteiger partial charge is 0.306 e. The Bertz CT molecular complexity index is 1270. The molecule has 3 aromatic carbocycles. The summed E-state index contributed by atoms with van der Waals surface area (Å²) >= 11 is 0. The minimum atomic E-state index is -3.74. The number of sulfonamides is 1. The normalized spacial score (nSPS) is 13.3. The summed E-state index contributed by atoms with van der Waals surface area (Å²) in [6, 6.07) is 17.8. The van der Waals surface area contributed by atoms with E-state index in [2.05, 4.69) is 14.7 Å². The number of hydrogen-bond donors (Lipinski definition) is 3. The van der Waals surface area contributed by atoms with Gasteiger partial charge in [0.25, 0.3) is 0 Å². The zero-order valence-electron chi connectivity index (χ0n) is 14.0. The van der Waals surface area contributed by atoms with Crippen LogP contribution in [-0.4, -0.2) is 18.4 Å². The van der Waals surface area contributed by atoms with Crippen LogP contribution in [0.25, 0.3) is 21.8 Å². The van der Waals surface area contributed by atoms with Crippen molar-refractivity contribution < 1.29 is 8.42 Å². The quantitative estimate of drug-likeness (QED) is 0.517. The number of aromatic amines is 2. The number of H-pyrrole nitrogens is 2. The Labute approximate surface area is 149 Å². The molecule has 132 valence electrons. The molecule has 4 rings (SSSR count). The zero-order chi connectivity index (χ0) is 18.3. The van der Waals surface area contributed by atoms with Crippen LogP contribution in [0.15, 0.2) is 70.4 Å². The molecule has 0 fully saturated rings. The largest absolute Gasteiger partial charge is 0.323 e. The second-order valence-corrected chi connectivity index (χ2v) is 7.91. The molecule has 1 aromatic heterocycles. The summed E-state index contributed by atoms with van der Waals surface area (Å²) in [6.45, 7) is 1.82. The van der Waals surface area contributed by atoms with Crippen molar-refractivity contribution in [1.82, 2.24) is 14.7 Å². The van der Waals surface area contributed by atoms with Crippen LogP contribution in [0.4, 0.5) is 0 Å². The summed E-state index contributed by atoms with van der Waals surface area (Å²) in [6.07, 6.45) is 0. The Hall–Kier alpha value is -2.90. The van der Waals surface area contributed by atoms with Crippen molar-refractivity contribution in [1.29, 1.82) is 0 Å². The molecule has 0 radical (unpaired) electrons. The molecule has 0 amide bonds. The molecule has 0 spiro atoms. The Morgan fingerprint density at radius 1 is 0.923 bits per heavy atom. The van der Waals surface area contributed by atoms with Crippen molar-refractivity contribution >= 4 is 31.8 Å². The minimum absolute atomic E-state index is 0.104. The van der Waals surface area contributed by atoms with Crippen LogP contribution in [0.2, 0.25) is 0 Å². The van der Waals surface area contributed by atoms with E-state index in [1.807, 2.05) is 49.4 Å². The average Bonchev–Trinajstić information content (AvgIpc) is 3.00. The van der Waals surface area contributed by atoms with Crippen molar-refractivity contribution in [2.45, 2.75) is 17.9 Å². The summed E-state index contributed by atoms with van der Waals surface area (Å²) in [5, 5.41) is 2.07. The third-order valence-electron chi connectivity index (χ3n) is 4.42. The molecule has 3 N–H and O–H groups in total. The highest BCUT2D eigenvalue weighted by atomic mass is 32.2. The second-order valence-electron chi connectivity index (χ2n) is 6.20. The Morgan fingerprint density at radius 3 is 2.50 bits per heavy atom. The lowest BCUT2D eigenvalue weighted by atomic mass is 10.0. The maximum Gasteiger partial charge on any atom is 0.323 e. The molecule has 0 aliphatic carbocycles. The van der Waals surface area contributed by atoms with E-state index in [0.717, 1.165) is 16.3 Å². The van der Waals surface area contributed by atoms with Gasteiger partial charge in [0.2, 0.25) is 10.0 Å². The first-order chi connectivity index (χ1) is 12.4. The molecular weight excluding hydrogens is 350 g/mol. The predicted molar refractivity (Wildman–Crippen MR) is 102 cm³/mol. The van der Waals surface area contributed by atoms with Gasteiger partial charge in [-0.15, -0.1) is 0 Å². The molecule has 4 aromatic rings. The highest BCUT2D eigenvalue weighted by Gasteiger charge is 2.20. The molecule has 1 atom stereocenters. The van der Waals surface area contributed by atoms with Crippen molar-refractivity contribution in [2.24, 2.45) is 0 Å². The van der Waals surface area contributed by atoms with Gasteiger partial charge in [-0.1, -0.05) is 42.5 Å². The molecule has 0 bridgehead atoms. The highest BCUT2D eigenvalue weighted by molar-refractivity contribution is 7.89. The average molecular weight is 367 g/mol. The molecule has 26 heavy (non-hydrogen) atoms. The van der Waals surface area contributed by atoms with Gasteiger partial charge in [0, 0.05) is 6.04 Å². The molecule has 0 saturated carbocycles. The second kappa shape index (κ2) is 6.12. The number of imidazole rings is 1. The van der Waals surface area contributed by atoms with Gasteiger partial charge in [-0.3, -0.25) is 0 Å². The molecule has 0 aliphatic rings. The zero-order valence-corrected chi connectivity index (χ0v) is 14.8. The van der Waals surface area contributed by atoms with E-state index in [0.29, 0.717) is 11.0 Å². The van der Waals surface area contributed by atoms with Crippen molar-refractivity contribution in [2.75, 3.05) is 0 Å². The van der Waals surface area contributed by atoms with E-state index < -0.39 is 16.1 Å². The number of fused-ring (bicyclic) bond motifs is 2. The van der Waals surface area contributed by atoms with Gasteiger partial charge in [-0.2, -0.15) is 0 Å². The molecular formula is C19H17N3O3S. The first kappa shape index (κ1) is 16.6.